The second-order valence-electron chi connectivity index (χ2n) is 11.3. The monoisotopic (exact) mass is 452 g/mol. The Labute approximate surface area is 199 Å². The largest absolute Gasteiger partial charge is 0.392 e. The molecule has 4 heteroatoms. The van der Waals surface area contributed by atoms with Gasteiger partial charge >= 0.3 is 0 Å². The summed E-state index contributed by atoms with van der Waals surface area (Å²) in [7, 11) is 0. The highest BCUT2D eigenvalue weighted by Gasteiger charge is 2.57. The van der Waals surface area contributed by atoms with E-state index in [0.717, 1.165) is 35.1 Å². The minimum Gasteiger partial charge on any atom is -0.392 e. The predicted molar refractivity (Wildman–Crippen MR) is 132 cm³/mol. The van der Waals surface area contributed by atoms with Crippen LogP contribution < -0.4 is 0 Å². The number of rotatable bonds is 7. The molecule has 1 fully saturated rings. The highest BCUT2D eigenvalue weighted by molar-refractivity contribution is 5.57. The van der Waals surface area contributed by atoms with Gasteiger partial charge in [0.25, 0.3) is 0 Å². The Hall–Kier alpha value is -1.72. The van der Waals surface area contributed by atoms with E-state index < -0.39 is 11.4 Å². The number of hydrogen-bond acceptors (Lipinski definition) is 4. The van der Waals surface area contributed by atoms with Crippen molar-refractivity contribution < 1.29 is 19.7 Å². The lowest BCUT2D eigenvalue weighted by Crippen LogP contribution is -2.49. The van der Waals surface area contributed by atoms with Crippen molar-refractivity contribution >= 4 is 0 Å². The Morgan fingerprint density at radius 3 is 2.15 bits per heavy atom. The molecule has 33 heavy (non-hydrogen) atoms. The zero-order chi connectivity index (χ0) is 24.0. The first-order valence-corrected chi connectivity index (χ1v) is 12.4. The summed E-state index contributed by atoms with van der Waals surface area (Å²) in [6.45, 7) is 12.6. The van der Waals surface area contributed by atoms with Crippen molar-refractivity contribution in [2.75, 3.05) is 6.61 Å². The Balaban J connectivity index is 1.91. The molecule has 1 saturated heterocycles. The van der Waals surface area contributed by atoms with Crippen LogP contribution in [-0.2, 0) is 9.47 Å². The van der Waals surface area contributed by atoms with Gasteiger partial charge in [-0.05, 0) is 60.8 Å². The quantitative estimate of drug-likeness (QED) is 0.571. The minimum atomic E-state index is -0.873. The molecule has 3 aliphatic rings. The van der Waals surface area contributed by atoms with E-state index in [0.29, 0.717) is 11.8 Å². The van der Waals surface area contributed by atoms with Crippen LogP contribution in [0, 0.1) is 17.8 Å². The van der Waals surface area contributed by atoms with Gasteiger partial charge in [-0.15, -0.1) is 0 Å². The molecule has 2 aliphatic carbocycles. The standard InChI is InChI=1S/C29H40O4/c1-18(2)15-29(31,16-19(3)4)22-14-10-13-21(17-30)24-25(23(22)20-11-8-7-9-12-20)27-26(24)32-28(5,6)33-27/h7-14,18-19,22-23,26-27,30-31H,15-17H2,1-6H3/b14-10-,21-13-/t22-,23+,26+,27-/m1/s1. The fourth-order valence-corrected chi connectivity index (χ4v) is 6.26. The molecule has 0 spiro atoms. The van der Waals surface area contributed by atoms with Gasteiger partial charge in [-0.3, -0.25) is 0 Å². The molecule has 4 rings (SSSR count). The highest BCUT2D eigenvalue weighted by Crippen LogP contribution is 2.56. The van der Waals surface area contributed by atoms with E-state index in [-0.39, 0.29) is 30.7 Å². The molecule has 0 radical (unpaired) electrons. The molecule has 1 aromatic rings. The summed E-state index contributed by atoms with van der Waals surface area (Å²) in [5.41, 5.74) is 3.36. The van der Waals surface area contributed by atoms with Crippen molar-refractivity contribution in [2.24, 2.45) is 17.8 Å². The second kappa shape index (κ2) is 9.14. The number of aliphatic hydroxyl groups excluding tert-OH is 1. The molecule has 0 aromatic heterocycles. The Bertz CT molecular complexity index is 928. The maximum atomic E-state index is 12.3. The number of ether oxygens (including phenoxy) is 2. The van der Waals surface area contributed by atoms with E-state index in [1.54, 1.807) is 0 Å². The van der Waals surface area contributed by atoms with Crippen LogP contribution in [0.4, 0.5) is 0 Å². The third kappa shape index (κ3) is 4.64. The molecular formula is C29H40O4. The van der Waals surface area contributed by atoms with Crippen LogP contribution in [-0.4, -0.2) is 40.4 Å². The first-order chi connectivity index (χ1) is 15.6. The number of hydrogen-bond donors (Lipinski definition) is 2. The van der Waals surface area contributed by atoms with Crippen LogP contribution in [0.3, 0.4) is 0 Å². The van der Waals surface area contributed by atoms with Crippen molar-refractivity contribution in [1.82, 2.24) is 0 Å². The number of fused-ring (bicyclic) bond motifs is 3. The first kappa shape index (κ1) is 24.4. The average Bonchev–Trinajstić information content (AvgIpc) is 2.97. The minimum absolute atomic E-state index is 0.0510. The van der Waals surface area contributed by atoms with Gasteiger partial charge in [0.15, 0.2) is 5.79 Å². The molecule has 0 amide bonds. The maximum Gasteiger partial charge on any atom is 0.164 e. The van der Waals surface area contributed by atoms with Gasteiger partial charge < -0.3 is 19.7 Å². The van der Waals surface area contributed by atoms with Crippen LogP contribution >= 0.6 is 0 Å². The van der Waals surface area contributed by atoms with E-state index in [2.05, 4.69) is 58.0 Å². The number of allylic oxidation sites excluding steroid dienone is 2. The lowest BCUT2D eigenvalue weighted by Gasteiger charge is -2.48. The van der Waals surface area contributed by atoms with Crippen molar-refractivity contribution in [3.63, 3.8) is 0 Å². The van der Waals surface area contributed by atoms with Gasteiger partial charge in [-0.25, -0.2) is 0 Å². The van der Waals surface area contributed by atoms with Crippen molar-refractivity contribution in [3.05, 3.63) is 70.8 Å². The average molecular weight is 453 g/mol. The van der Waals surface area contributed by atoms with Crippen LogP contribution in [0.2, 0.25) is 0 Å². The number of benzene rings is 1. The Morgan fingerprint density at radius 2 is 1.58 bits per heavy atom. The molecule has 4 atom stereocenters. The molecule has 4 nitrogen and oxygen atoms in total. The zero-order valence-corrected chi connectivity index (χ0v) is 20.9. The van der Waals surface area contributed by atoms with E-state index in [1.807, 2.05) is 32.1 Å². The van der Waals surface area contributed by atoms with Gasteiger partial charge in [-0.2, -0.15) is 0 Å². The van der Waals surface area contributed by atoms with Crippen molar-refractivity contribution in [3.8, 4) is 0 Å². The van der Waals surface area contributed by atoms with Crippen LogP contribution in [0.15, 0.2) is 65.3 Å². The zero-order valence-electron chi connectivity index (χ0n) is 20.9. The topological polar surface area (TPSA) is 58.9 Å². The molecule has 1 heterocycles. The first-order valence-electron chi connectivity index (χ1n) is 12.4. The fourth-order valence-electron chi connectivity index (χ4n) is 6.26. The van der Waals surface area contributed by atoms with E-state index in [4.69, 9.17) is 9.47 Å². The maximum absolute atomic E-state index is 12.3. The summed E-state index contributed by atoms with van der Waals surface area (Å²) in [6.07, 6.45) is 7.26. The molecular weight excluding hydrogens is 412 g/mol. The third-order valence-corrected chi connectivity index (χ3v) is 7.13. The van der Waals surface area contributed by atoms with Crippen molar-refractivity contribution in [2.45, 2.75) is 83.9 Å². The molecule has 1 aliphatic heterocycles. The molecule has 2 N–H and O–H groups in total. The van der Waals surface area contributed by atoms with E-state index >= 15 is 0 Å². The fraction of sp³-hybridized carbons (Fsp3) is 0.586. The Kier molecular flexibility index (Phi) is 6.76. The van der Waals surface area contributed by atoms with Gasteiger partial charge in [0.05, 0.1) is 12.2 Å². The summed E-state index contributed by atoms with van der Waals surface area (Å²) >= 11 is 0. The summed E-state index contributed by atoms with van der Waals surface area (Å²) in [4.78, 5) is 0. The number of aliphatic hydroxyl groups is 2. The van der Waals surface area contributed by atoms with Crippen LogP contribution in [0.5, 0.6) is 0 Å². The molecule has 180 valence electrons. The smallest absolute Gasteiger partial charge is 0.164 e. The van der Waals surface area contributed by atoms with Gasteiger partial charge in [-0.1, -0.05) is 76.3 Å². The lowest BCUT2D eigenvalue weighted by molar-refractivity contribution is -0.137. The molecule has 0 bridgehead atoms. The summed E-state index contributed by atoms with van der Waals surface area (Å²) < 4.78 is 12.6. The van der Waals surface area contributed by atoms with Gasteiger partial charge in [0.2, 0.25) is 0 Å². The normalized spacial score (nSPS) is 31.4. The van der Waals surface area contributed by atoms with Crippen LogP contribution in [0.1, 0.15) is 65.9 Å². The van der Waals surface area contributed by atoms with E-state index in [1.165, 1.54) is 0 Å². The van der Waals surface area contributed by atoms with Crippen LogP contribution in [0.25, 0.3) is 0 Å². The van der Waals surface area contributed by atoms with Gasteiger partial charge in [0, 0.05) is 11.8 Å². The summed E-state index contributed by atoms with van der Waals surface area (Å²) in [5.74, 6) is -0.151. The van der Waals surface area contributed by atoms with Crippen molar-refractivity contribution in [1.29, 1.82) is 0 Å². The summed E-state index contributed by atoms with van der Waals surface area (Å²) in [5, 5.41) is 22.5. The SMILES string of the molecule is CC(C)CC(O)(CC(C)C)[C@@H]1/C=C\C=C(\CO)C2=C([C@H]3OC(C)(C)O[C@@H]23)[C@H]1c1ccccc1. The predicted octanol–water partition coefficient (Wildman–Crippen LogP) is 5.53. The molecule has 0 unspecified atom stereocenters. The lowest BCUT2D eigenvalue weighted by atomic mass is 9.60. The molecule has 0 saturated carbocycles. The Morgan fingerprint density at radius 1 is 0.970 bits per heavy atom. The highest BCUT2D eigenvalue weighted by atomic mass is 16.8. The molecule has 1 aromatic carbocycles. The van der Waals surface area contributed by atoms with E-state index in [9.17, 15) is 10.2 Å². The summed E-state index contributed by atoms with van der Waals surface area (Å²) in [6, 6.07) is 10.5. The second-order valence-corrected chi connectivity index (χ2v) is 11.3. The van der Waals surface area contributed by atoms with Gasteiger partial charge in [0.1, 0.15) is 12.2 Å². The third-order valence-electron chi connectivity index (χ3n) is 7.13.